The lowest BCUT2D eigenvalue weighted by Crippen LogP contribution is -2.33. The van der Waals surface area contributed by atoms with Gasteiger partial charge in [0.1, 0.15) is 12.0 Å². The standard InChI is InChI=1S/C62H45N3/c1-62(2)57-22-10-9-19-55(57)56-36-33-48(39-58(56)62)42-25-23-40(24-26-42)46-31-34-51-49(37-46)17-11-20-53(51)54-21-12-18-50-38-47(32-35-52(50)54)41-27-29-45(30-28-41)61-64-59(43-13-5-3-6-14-43)63-60(65-61)44-15-7-4-8-16-44/h3-39,61H,1-2H3,(H,63,64,65). The van der Waals surface area contributed by atoms with Gasteiger partial charge in [-0.3, -0.25) is 0 Å². The Bertz CT molecular complexity index is 3510. The highest BCUT2D eigenvalue weighted by atomic mass is 15.2. The predicted molar refractivity (Wildman–Crippen MR) is 273 cm³/mol. The second-order valence-electron chi connectivity index (χ2n) is 17.8. The van der Waals surface area contributed by atoms with Gasteiger partial charge in [-0.1, -0.05) is 220 Å². The quantitative estimate of drug-likeness (QED) is 0.171. The summed E-state index contributed by atoms with van der Waals surface area (Å²) in [5.74, 6) is 1.54. The summed E-state index contributed by atoms with van der Waals surface area (Å²) in [5.41, 5.74) is 18.4. The number of fused-ring (bicyclic) bond motifs is 5. The van der Waals surface area contributed by atoms with Gasteiger partial charge in [0.25, 0.3) is 0 Å². The summed E-state index contributed by atoms with van der Waals surface area (Å²) in [7, 11) is 0. The van der Waals surface area contributed by atoms with E-state index in [1.807, 2.05) is 36.4 Å². The number of nitrogens with zero attached hydrogens (tertiary/aromatic N) is 2. The van der Waals surface area contributed by atoms with E-state index in [-0.39, 0.29) is 11.6 Å². The molecule has 308 valence electrons. The Morgan fingerprint density at radius 3 is 1.46 bits per heavy atom. The summed E-state index contributed by atoms with van der Waals surface area (Å²) < 4.78 is 0. The van der Waals surface area contributed by atoms with Crippen LogP contribution in [0.15, 0.2) is 234 Å². The van der Waals surface area contributed by atoms with E-state index in [0.717, 1.165) is 33.9 Å². The van der Waals surface area contributed by atoms with E-state index in [1.54, 1.807) is 0 Å². The van der Waals surface area contributed by atoms with Crippen molar-refractivity contribution in [3.05, 3.63) is 252 Å². The Morgan fingerprint density at radius 2 is 0.846 bits per heavy atom. The molecule has 1 unspecified atom stereocenters. The van der Waals surface area contributed by atoms with Crippen LogP contribution in [-0.4, -0.2) is 11.7 Å². The average molecular weight is 832 g/mol. The summed E-state index contributed by atoms with van der Waals surface area (Å²) in [5, 5.41) is 8.52. The highest BCUT2D eigenvalue weighted by molar-refractivity contribution is 6.13. The minimum absolute atomic E-state index is 0.0166. The number of rotatable bonds is 7. The van der Waals surface area contributed by atoms with E-state index in [1.165, 1.54) is 82.7 Å². The normalized spacial score (nSPS) is 14.9. The summed E-state index contributed by atoms with van der Waals surface area (Å²) in [4.78, 5) is 10.0. The summed E-state index contributed by atoms with van der Waals surface area (Å²) >= 11 is 0. The Balaban J connectivity index is 0.805. The highest BCUT2D eigenvalue weighted by Crippen LogP contribution is 2.49. The van der Waals surface area contributed by atoms with E-state index in [2.05, 4.69) is 207 Å². The number of hydrogen-bond donors (Lipinski definition) is 1. The third kappa shape index (κ3) is 6.85. The molecule has 3 heteroatoms. The molecule has 65 heavy (non-hydrogen) atoms. The average Bonchev–Trinajstić information content (AvgIpc) is 3.61. The molecule has 1 N–H and O–H groups in total. The van der Waals surface area contributed by atoms with Gasteiger partial charge in [-0.05, 0) is 112 Å². The van der Waals surface area contributed by atoms with Crippen molar-refractivity contribution in [1.29, 1.82) is 0 Å². The molecule has 0 aromatic heterocycles. The van der Waals surface area contributed by atoms with Gasteiger partial charge in [0, 0.05) is 16.5 Å². The van der Waals surface area contributed by atoms with E-state index >= 15 is 0 Å². The van der Waals surface area contributed by atoms with Crippen LogP contribution in [-0.2, 0) is 5.41 Å². The second kappa shape index (κ2) is 15.6. The molecular weight excluding hydrogens is 787 g/mol. The van der Waals surface area contributed by atoms with Gasteiger partial charge in [0.15, 0.2) is 5.84 Å². The lowest BCUT2D eigenvalue weighted by Gasteiger charge is -2.24. The smallest absolute Gasteiger partial charge is 0.159 e. The molecule has 1 aliphatic carbocycles. The number of amidine groups is 2. The largest absolute Gasteiger partial charge is 0.344 e. The summed E-state index contributed by atoms with van der Waals surface area (Å²) in [6.07, 6.45) is -0.267. The molecule has 0 bridgehead atoms. The van der Waals surface area contributed by atoms with Crippen molar-refractivity contribution in [2.45, 2.75) is 25.4 Å². The van der Waals surface area contributed by atoms with Gasteiger partial charge in [-0.2, -0.15) is 0 Å². The van der Waals surface area contributed by atoms with Crippen LogP contribution < -0.4 is 5.32 Å². The van der Waals surface area contributed by atoms with Crippen molar-refractivity contribution in [1.82, 2.24) is 5.32 Å². The molecule has 0 amide bonds. The Morgan fingerprint density at radius 1 is 0.369 bits per heavy atom. The van der Waals surface area contributed by atoms with E-state index in [0.29, 0.717) is 0 Å². The molecule has 0 saturated carbocycles. The first-order chi connectivity index (χ1) is 31.9. The molecule has 1 heterocycles. The van der Waals surface area contributed by atoms with Crippen LogP contribution in [0.3, 0.4) is 0 Å². The van der Waals surface area contributed by atoms with Crippen LogP contribution in [0.25, 0.3) is 77.2 Å². The zero-order valence-electron chi connectivity index (χ0n) is 36.3. The Labute approximate surface area is 380 Å². The molecule has 10 aromatic rings. The van der Waals surface area contributed by atoms with Gasteiger partial charge in [-0.15, -0.1) is 0 Å². The van der Waals surface area contributed by atoms with Gasteiger partial charge in [-0.25, -0.2) is 9.98 Å². The molecule has 2 aliphatic rings. The molecule has 0 fully saturated rings. The number of benzene rings is 10. The molecule has 0 saturated heterocycles. The monoisotopic (exact) mass is 831 g/mol. The number of hydrogen-bond acceptors (Lipinski definition) is 3. The van der Waals surface area contributed by atoms with Crippen LogP contribution in [0.1, 0.15) is 47.8 Å². The Kier molecular flexibility index (Phi) is 9.24. The van der Waals surface area contributed by atoms with Crippen molar-refractivity contribution >= 4 is 33.2 Å². The fourth-order valence-electron chi connectivity index (χ4n) is 10.1. The molecule has 1 atom stereocenters. The highest BCUT2D eigenvalue weighted by Gasteiger charge is 2.35. The van der Waals surface area contributed by atoms with Crippen molar-refractivity contribution in [2.24, 2.45) is 9.98 Å². The third-order valence-corrected chi connectivity index (χ3v) is 13.6. The zero-order chi connectivity index (χ0) is 43.5. The third-order valence-electron chi connectivity index (χ3n) is 13.6. The lowest BCUT2D eigenvalue weighted by molar-refractivity contribution is 0.660. The molecule has 0 spiro atoms. The zero-order valence-corrected chi connectivity index (χ0v) is 36.3. The number of nitrogens with one attached hydrogen (secondary N) is 1. The summed E-state index contributed by atoms with van der Waals surface area (Å²) in [6, 6.07) is 81.2. The van der Waals surface area contributed by atoms with E-state index < -0.39 is 0 Å². The van der Waals surface area contributed by atoms with Crippen LogP contribution in [0.5, 0.6) is 0 Å². The van der Waals surface area contributed by atoms with Crippen LogP contribution in [0, 0.1) is 0 Å². The van der Waals surface area contributed by atoms with Gasteiger partial charge in [0.2, 0.25) is 0 Å². The maximum Gasteiger partial charge on any atom is 0.159 e. The molecular formula is C62H45N3. The molecule has 0 radical (unpaired) electrons. The van der Waals surface area contributed by atoms with Crippen LogP contribution >= 0.6 is 0 Å². The topological polar surface area (TPSA) is 36.8 Å². The van der Waals surface area contributed by atoms with Gasteiger partial charge < -0.3 is 5.32 Å². The second-order valence-corrected chi connectivity index (χ2v) is 17.8. The van der Waals surface area contributed by atoms with Crippen molar-refractivity contribution in [2.75, 3.05) is 0 Å². The number of aliphatic imine (C=N–C) groups is 2. The summed E-state index contributed by atoms with van der Waals surface area (Å²) in [6.45, 7) is 4.69. The molecule has 1 aliphatic heterocycles. The van der Waals surface area contributed by atoms with Crippen LogP contribution in [0.2, 0.25) is 0 Å². The van der Waals surface area contributed by atoms with E-state index in [9.17, 15) is 0 Å². The first-order valence-electron chi connectivity index (χ1n) is 22.5. The minimum atomic E-state index is -0.267. The fourth-order valence-corrected chi connectivity index (χ4v) is 10.1. The molecule has 10 aromatic carbocycles. The first-order valence-corrected chi connectivity index (χ1v) is 22.5. The Hall–Kier alpha value is -8.14. The molecule has 3 nitrogen and oxygen atoms in total. The van der Waals surface area contributed by atoms with Crippen molar-refractivity contribution < 1.29 is 0 Å². The first kappa shape index (κ1) is 38.5. The van der Waals surface area contributed by atoms with Crippen molar-refractivity contribution in [3.63, 3.8) is 0 Å². The van der Waals surface area contributed by atoms with E-state index in [4.69, 9.17) is 9.98 Å². The minimum Gasteiger partial charge on any atom is -0.344 e. The molecule has 12 rings (SSSR count). The van der Waals surface area contributed by atoms with Gasteiger partial charge >= 0.3 is 0 Å². The fraction of sp³-hybridized carbons (Fsp3) is 0.0645. The van der Waals surface area contributed by atoms with Crippen molar-refractivity contribution in [3.8, 4) is 55.6 Å². The predicted octanol–water partition coefficient (Wildman–Crippen LogP) is 15.5. The lowest BCUT2D eigenvalue weighted by atomic mass is 9.81. The van der Waals surface area contributed by atoms with Gasteiger partial charge in [0.05, 0.1) is 0 Å². The maximum atomic E-state index is 5.07. The maximum absolute atomic E-state index is 5.07. The SMILES string of the molecule is CC1(C)c2ccccc2-c2ccc(-c3ccc(-c4ccc5c(-c6cccc7cc(-c8ccc(C9N=C(c%10ccccc%10)N=C(c%10ccccc%10)N9)cc8)ccc67)cccc5c4)cc3)cc21. The van der Waals surface area contributed by atoms with Crippen LogP contribution in [0.4, 0.5) is 0 Å².